The zero-order valence-electron chi connectivity index (χ0n) is 8.91. The smallest absolute Gasteiger partial charge is 0.238 e. The molecule has 4 nitrogen and oxygen atoms in total. The lowest BCUT2D eigenvalue weighted by atomic mass is 9.98. The van der Waals surface area contributed by atoms with Gasteiger partial charge in [-0.3, -0.25) is 0 Å². The van der Waals surface area contributed by atoms with Crippen molar-refractivity contribution in [1.82, 2.24) is 5.16 Å². The summed E-state index contributed by atoms with van der Waals surface area (Å²) in [5.74, 6) is 0.614. The highest BCUT2D eigenvalue weighted by Crippen LogP contribution is 2.24. The third-order valence-corrected chi connectivity index (χ3v) is 3.79. The number of fused-ring (bicyclic) bond motifs is 1. The fourth-order valence-electron chi connectivity index (χ4n) is 2.08. The SMILES string of the molecule is O=S(=O)(Cl)Cc1noc2c1CCCCCC2. The van der Waals surface area contributed by atoms with Gasteiger partial charge in [-0.05, 0) is 19.3 Å². The number of rotatable bonds is 2. The molecule has 0 N–H and O–H groups in total. The van der Waals surface area contributed by atoms with Gasteiger partial charge in [0.15, 0.2) is 0 Å². The molecule has 0 aromatic carbocycles. The van der Waals surface area contributed by atoms with E-state index in [9.17, 15) is 8.42 Å². The Bertz CT molecular complexity index is 466. The monoisotopic (exact) mass is 263 g/mol. The van der Waals surface area contributed by atoms with Crippen LogP contribution in [0.3, 0.4) is 0 Å². The summed E-state index contributed by atoms with van der Waals surface area (Å²) in [4.78, 5) is 0. The minimum atomic E-state index is -3.55. The second-order valence-corrected chi connectivity index (χ2v) is 6.91. The van der Waals surface area contributed by atoms with Crippen LogP contribution in [0.1, 0.15) is 42.7 Å². The van der Waals surface area contributed by atoms with Gasteiger partial charge in [-0.2, -0.15) is 0 Å². The van der Waals surface area contributed by atoms with Crippen LogP contribution in [-0.4, -0.2) is 13.6 Å². The Labute approximate surface area is 99.4 Å². The van der Waals surface area contributed by atoms with E-state index < -0.39 is 9.05 Å². The fourth-order valence-corrected chi connectivity index (χ4v) is 2.94. The quantitative estimate of drug-likeness (QED) is 0.769. The summed E-state index contributed by atoms with van der Waals surface area (Å²) in [6.45, 7) is 0. The molecule has 0 bridgehead atoms. The Morgan fingerprint density at radius 3 is 2.56 bits per heavy atom. The number of aryl methyl sites for hydroxylation is 1. The van der Waals surface area contributed by atoms with Gasteiger partial charge in [0.1, 0.15) is 17.2 Å². The van der Waals surface area contributed by atoms with Crippen molar-refractivity contribution in [2.45, 2.75) is 44.3 Å². The molecule has 6 heteroatoms. The summed E-state index contributed by atoms with van der Waals surface area (Å²) in [5, 5.41) is 3.83. The third kappa shape index (κ3) is 2.98. The van der Waals surface area contributed by atoms with Gasteiger partial charge in [-0.15, -0.1) is 0 Å². The van der Waals surface area contributed by atoms with E-state index in [1.165, 1.54) is 12.8 Å². The van der Waals surface area contributed by atoms with Crippen molar-refractivity contribution in [1.29, 1.82) is 0 Å². The van der Waals surface area contributed by atoms with Gasteiger partial charge in [0.2, 0.25) is 9.05 Å². The summed E-state index contributed by atoms with van der Waals surface area (Å²) in [5.41, 5.74) is 1.45. The van der Waals surface area contributed by atoms with Gasteiger partial charge in [-0.1, -0.05) is 18.0 Å². The van der Waals surface area contributed by atoms with Gasteiger partial charge in [0, 0.05) is 22.7 Å². The van der Waals surface area contributed by atoms with Crippen molar-refractivity contribution in [3.05, 3.63) is 17.0 Å². The molecule has 0 saturated carbocycles. The van der Waals surface area contributed by atoms with Crippen LogP contribution in [0.5, 0.6) is 0 Å². The van der Waals surface area contributed by atoms with Gasteiger partial charge in [0.25, 0.3) is 0 Å². The summed E-state index contributed by atoms with van der Waals surface area (Å²) in [6, 6.07) is 0. The topological polar surface area (TPSA) is 60.2 Å². The zero-order valence-corrected chi connectivity index (χ0v) is 10.5. The standard InChI is InChI=1S/C10H14ClNO3S/c11-16(13,14)7-9-8-5-3-1-2-4-6-10(8)15-12-9/h1-7H2. The lowest BCUT2D eigenvalue weighted by molar-refractivity contribution is 0.370. The molecule has 0 unspecified atom stereocenters. The number of nitrogens with zero attached hydrogens (tertiary/aromatic N) is 1. The molecule has 0 radical (unpaired) electrons. The number of aromatic nitrogens is 1. The number of hydrogen-bond acceptors (Lipinski definition) is 4. The molecule has 1 aromatic heterocycles. The zero-order chi connectivity index (χ0) is 11.6. The Morgan fingerprint density at radius 1 is 1.19 bits per heavy atom. The molecule has 0 atom stereocenters. The molecule has 1 aromatic rings. The van der Waals surface area contributed by atoms with Crippen molar-refractivity contribution in [2.24, 2.45) is 0 Å². The predicted octanol–water partition coefficient (Wildman–Crippen LogP) is 2.40. The normalized spacial score (nSPS) is 17.6. The van der Waals surface area contributed by atoms with Crippen molar-refractivity contribution < 1.29 is 12.9 Å². The molecule has 0 aliphatic heterocycles. The molecule has 16 heavy (non-hydrogen) atoms. The highest BCUT2D eigenvalue weighted by atomic mass is 35.7. The Balaban J connectivity index is 2.26. The molecule has 2 rings (SSSR count). The maximum absolute atomic E-state index is 11.0. The van der Waals surface area contributed by atoms with Gasteiger partial charge >= 0.3 is 0 Å². The average molecular weight is 264 g/mol. The van der Waals surface area contributed by atoms with Crippen LogP contribution in [0.2, 0.25) is 0 Å². The highest BCUT2D eigenvalue weighted by Gasteiger charge is 2.20. The first-order valence-corrected chi connectivity index (χ1v) is 7.93. The first-order chi connectivity index (χ1) is 7.56. The summed E-state index contributed by atoms with van der Waals surface area (Å²) in [6.07, 6.45) is 6.21. The van der Waals surface area contributed by atoms with Crippen molar-refractivity contribution >= 4 is 19.7 Å². The minimum Gasteiger partial charge on any atom is -0.361 e. The maximum Gasteiger partial charge on any atom is 0.238 e. The maximum atomic E-state index is 11.0. The molecule has 90 valence electrons. The lowest BCUT2D eigenvalue weighted by Crippen LogP contribution is -2.02. The molecule has 0 spiro atoms. The van der Waals surface area contributed by atoms with E-state index >= 15 is 0 Å². The van der Waals surface area contributed by atoms with Crippen LogP contribution in [-0.2, 0) is 27.6 Å². The van der Waals surface area contributed by atoms with Crippen LogP contribution in [0.15, 0.2) is 4.52 Å². The molecule has 0 saturated heterocycles. The summed E-state index contributed by atoms with van der Waals surface area (Å²) >= 11 is 0. The molecular weight excluding hydrogens is 250 g/mol. The van der Waals surface area contributed by atoms with Crippen LogP contribution in [0, 0.1) is 0 Å². The van der Waals surface area contributed by atoms with Crippen molar-refractivity contribution in [3.63, 3.8) is 0 Å². The van der Waals surface area contributed by atoms with Gasteiger partial charge < -0.3 is 4.52 Å². The van der Waals surface area contributed by atoms with Crippen LogP contribution in [0.4, 0.5) is 0 Å². The minimum absolute atomic E-state index is 0.229. The van der Waals surface area contributed by atoms with E-state index in [-0.39, 0.29) is 5.75 Å². The second-order valence-electron chi connectivity index (χ2n) is 4.13. The first-order valence-electron chi connectivity index (χ1n) is 5.45. The van der Waals surface area contributed by atoms with Crippen molar-refractivity contribution in [3.8, 4) is 0 Å². The average Bonchev–Trinajstić information content (AvgIpc) is 2.44. The molecule has 1 heterocycles. The lowest BCUT2D eigenvalue weighted by Gasteiger charge is -2.07. The predicted molar refractivity (Wildman–Crippen MR) is 60.9 cm³/mol. The number of hydrogen-bond donors (Lipinski definition) is 0. The van der Waals surface area contributed by atoms with Crippen LogP contribution < -0.4 is 0 Å². The highest BCUT2D eigenvalue weighted by molar-refractivity contribution is 8.13. The van der Waals surface area contributed by atoms with Gasteiger partial charge in [-0.25, -0.2) is 8.42 Å². The molecule has 1 aliphatic carbocycles. The van der Waals surface area contributed by atoms with E-state index in [0.717, 1.165) is 37.0 Å². The second kappa shape index (κ2) is 4.75. The Hall–Kier alpha value is -0.550. The van der Waals surface area contributed by atoms with E-state index in [1.54, 1.807) is 0 Å². The van der Waals surface area contributed by atoms with Crippen LogP contribution in [0.25, 0.3) is 0 Å². The van der Waals surface area contributed by atoms with E-state index in [2.05, 4.69) is 5.16 Å². The summed E-state index contributed by atoms with van der Waals surface area (Å²) in [7, 11) is 1.68. The summed E-state index contributed by atoms with van der Waals surface area (Å²) < 4.78 is 27.2. The largest absolute Gasteiger partial charge is 0.361 e. The first kappa shape index (κ1) is 11.9. The van der Waals surface area contributed by atoms with E-state index in [0.29, 0.717) is 5.69 Å². The van der Waals surface area contributed by atoms with E-state index in [1.807, 2.05) is 0 Å². The molecule has 0 amide bonds. The Kier molecular flexibility index (Phi) is 3.54. The van der Waals surface area contributed by atoms with E-state index in [4.69, 9.17) is 15.2 Å². The molecule has 0 fully saturated rings. The van der Waals surface area contributed by atoms with Gasteiger partial charge in [0.05, 0.1) is 0 Å². The van der Waals surface area contributed by atoms with Crippen LogP contribution >= 0.6 is 10.7 Å². The number of halogens is 1. The van der Waals surface area contributed by atoms with Crippen molar-refractivity contribution in [2.75, 3.05) is 0 Å². The Morgan fingerprint density at radius 2 is 1.88 bits per heavy atom. The third-order valence-electron chi connectivity index (χ3n) is 2.84. The molecule has 1 aliphatic rings. The molecular formula is C10H14ClNO3S. The fraction of sp³-hybridized carbons (Fsp3) is 0.700.